The Hall–Kier alpha value is -1.53. The van der Waals surface area contributed by atoms with Crippen molar-refractivity contribution in [3.8, 4) is 5.69 Å². The van der Waals surface area contributed by atoms with E-state index in [1.165, 1.54) is 0 Å². The first-order valence-electron chi connectivity index (χ1n) is 5.52. The van der Waals surface area contributed by atoms with E-state index in [2.05, 4.69) is 10.2 Å². The lowest BCUT2D eigenvalue weighted by Crippen LogP contribution is -2.03. The molecule has 0 fully saturated rings. The van der Waals surface area contributed by atoms with E-state index in [1.807, 2.05) is 32.0 Å². The molecule has 1 aromatic heterocycles. The van der Waals surface area contributed by atoms with E-state index in [1.54, 1.807) is 4.57 Å². The van der Waals surface area contributed by atoms with Gasteiger partial charge in [0.25, 0.3) is 0 Å². The third kappa shape index (κ3) is 3.08. The Morgan fingerprint density at radius 2 is 2.16 bits per heavy atom. The second-order valence-electron chi connectivity index (χ2n) is 3.98. The Kier molecular flexibility index (Phi) is 4.11. The van der Waals surface area contributed by atoms with Crippen molar-refractivity contribution in [1.82, 2.24) is 14.8 Å². The van der Waals surface area contributed by atoms with Crippen LogP contribution in [0.25, 0.3) is 5.69 Å². The predicted molar refractivity (Wildman–Crippen MR) is 74.2 cm³/mol. The van der Waals surface area contributed by atoms with Crippen LogP contribution in [-0.2, 0) is 4.79 Å². The van der Waals surface area contributed by atoms with Crippen LogP contribution in [0.5, 0.6) is 0 Å². The Balaban J connectivity index is 2.40. The number of hydrogen-bond donors (Lipinski definition) is 1. The van der Waals surface area contributed by atoms with E-state index in [0.29, 0.717) is 16.0 Å². The minimum Gasteiger partial charge on any atom is -0.481 e. The molecule has 1 heterocycles. The molecule has 1 N–H and O–H groups in total. The van der Waals surface area contributed by atoms with Crippen LogP contribution >= 0.6 is 23.4 Å². The van der Waals surface area contributed by atoms with Crippen molar-refractivity contribution >= 4 is 29.3 Å². The summed E-state index contributed by atoms with van der Waals surface area (Å²) in [6, 6.07) is 5.63. The normalized spacial score (nSPS) is 10.7. The molecule has 2 rings (SSSR count). The van der Waals surface area contributed by atoms with Crippen LogP contribution in [0.3, 0.4) is 0 Å². The first-order valence-corrected chi connectivity index (χ1v) is 6.88. The Labute approximate surface area is 119 Å². The summed E-state index contributed by atoms with van der Waals surface area (Å²) < 4.78 is 1.79. The molecule has 0 saturated carbocycles. The first-order chi connectivity index (χ1) is 8.99. The summed E-state index contributed by atoms with van der Waals surface area (Å²) in [7, 11) is 0. The molecular formula is C12H12ClN3O2S. The summed E-state index contributed by atoms with van der Waals surface area (Å²) in [4.78, 5) is 10.6. The number of halogens is 1. The van der Waals surface area contributed by atoms with Gasteiger partial charge in [0.1, 0.15) is 5.82 Å². The SMILES string of the molecule is Cc1ccc(-n2c(C)nnc2SCC(=O)O)cc1Cl. The van der Waals surface area contributed by atoms with Gasteiger partial charge < -0.3 is 5.11 Å². The van der Waals surface area contributed by atoms with Crippen molar-refractivity contribution < 1.29 is 9.90 Å². The van der Waals surface area contributed by atoms with E-state index < -0.39 is 5.97 Å². The molecule has 0 aliphatic carbocycles. The van der Waals surface area contributed by atoms with Crippen molar-refractivity contribution in [3.05, 3.63) is 34.6 Å². The lowest BCUT2D eigenvalue weighted by atomic mass is 10.2. The van der Waals surface area contributed by atoms with Crippen LogP contribution in [0.4, 0.5) is 0 Å². The summed E-state index contributed by atoms with van der Waals surface area (Å²) in [6.07, 6.45) is 0. The molecule has 100 valence electrons. The Morgan fingerprint density at radius 3 is 2.79 bits per heavy atom. The summed E-state index contributed by atoms with van der Waals surface area (Å²) in [5.74, 6) is -0.260. The average Bonchev–Trinajstić information content (AvgIpc) is 2.71. The largest absolute Gasteiger partial charge is 0.481 e. The number of benzene rings is 1. The van der Waals surface area contributed by atoms with Gasteiger partial charge >= 0.3 is 5.97 Å². The van der Waals surface area contributed by atoms with Gasteiger partial charge in [-0.3, -0.25) is 9.36 Å². The van der Waals surface area contributed by atoms with Gasteiger partial charge in [0, 0.05) is 5.02 Å². The van der Waals surface area contributed by atoms with E-state index in [-0.39, 0.29) is 5.75 Å². The summed E-state index contributed by atoms with van der Waals surface area (Å²) in [6.45, 7) is 3.73. The summed E-state index contributed by atoms with van der Waals surface area (Å²) >= 11 is 7.24. The molecule has 0 bridgehead atoms. The molecular weight excluding hydrogens is 286 g/mol. The van der Waals surface area contributed by atoms with Crippen molar-refractivity contribution in [1.29, 1.82) is 0 Å². The quantitative estimate of drug-likeness (QED) is 0.879. The van der Waals surface area contributed by atoms with Gasteiger partial charge in [0.2, 0.25) is 0 Å². The zero-order valence-electron chi connectivity index (χ0n) is 10.4. The van der Waals surface area contributed by atoms with Crippen LogP contribution in [0.2, 0.25) is 5.02 Å². The standard InChI is InChI=1S/C12H12ClN3O2S/c1-7-3-4-9(5-10(7)13)16-8(2)14-15-12(16)19-6-11(17)18/h3-5H,6H2,1-2H3,(H,17,18). The minimum absolute atomic E-state index is 0.0578. The Bertz CT molecular complexity index is 627. The number of carbonyl (C=O) groups is 1. The molecule has 1 aromatic carbocycles. The van der Waals surface area contributed by atoms with Crippen LogP contribution in [0.1, 0.15) is 11.4 Å². The molecule has 0 spiro atoms. The monoisotopic (exact) mass is 297 g/mol. The van der Waals surface area contributed by atoms with Crippen LogP contribution in [0.15, 0.2) is 23.4 Å². The van der Waals surface area contributed by atoms with Gasteiger partial charge in [0.15, 0.2) is 5.16 Å². The molecule has 2 aromatic rings. The van der Waals surface area contributed by atoms with Gasteiger partial charge in [0.05, 0.1) is 11.4 Å². The zero-order chi connectivity index (χ0) is 14.0. The van der Waals surface area contributed by atoms with Crippen molar-refractivity contribution in [2.45, 2.75) is 19.0 Å². The van der Waals surface area contributed by atoms with Crippen molar-refractivity contribution in [2.24, 2.45) is 0 Å². The minimum atomic E-state index is -0.890. The maximum atomic E-state index is 10.6. The second-order valence-corrected chi connectivity index (χ2v) is 5.33. The highest BCUT2D eigenvalue weighted by molar-refractivity contribution is 7.99. The third-order valence-electron chi connectivity index (χ3n) is 2.53. The number of hydrogen-bond acceptors (Lipinski definition) is 4. The number of carboxylic acid groups (broad SMARTS) is 1. The molecule has 5 nitrogen and oxygen atoms in total. The van der Waals surface area contributed by atoms with E-state index in [9.17, 15) is 4.79 Å². The highest BCUT2D eigenvalue weighted by Crippen LogP contribution is 2.25. The van der Waals surface area contributed by atoms with Gasteiger partial charge in [-0.2, -0.15) is 0 Å². The molecule has 0 aliphatic rings. The van der Waals surface area contributed by atoms with Gasteiger partial charge in [-0.15, -0.1) is 10.2 Å². The topological polar surface area (TPSA) is 68.0 Å². The molecule has 0 saturated heterocycles. The second kappa shape index (κ2) is 5.63. The molecule has 19 heavy (non-hydrogen) atoms. The van der Waals surface area contributed by atoms with Crippen LogP contribution < -0.4 is 0 Å². The van der Waals surface area contributed by atoms with E-state index >= 15 is 0 Å². The zero-order valence-corrected chi connectivity index (χ0v) is 12.0. The highest BCUT2D eigenvalue weighted by atomic mass is 35.5. The molecule has 7 heteroatoms. The predicted octanol–water partition coefficient (Wildman–Crippen LogP) is 2.71. The van der Waals surface area contributed by atoms with Crippen LogP contribution in [-0.4, -0.2) is 31.6 Å². The first kappa shape index (κ1) is 13.9. The number of aliphatic carboxylic acids is 1. The number of aromatic nitrogens is 3. The Morgan fingerprint density at radius 1 is 1.42 bits per heavy atom. The maximum absolute atomic E-state index is 10.6. The van der Waals surface area contributed by atoms with E-state index in [0.717, 1.165) is 23.0 Å². The fourth-order valence-electron chi connectivity index (χ4n) is 1.58. The highest BCUT2D eigenvalue weighted by Gasteiger charge is 2.13. The molecule has 0 unspecified atom stereocenters. The van der Waals surface area contributed by atoms with Gasteiger partial charge in [-0.25, -0.2) is 0 Å². The average molecular weight is 298 g/mol. The van der Waals surface area contributed by atoms with Gasteiger partial charge in [-0.05, 0) is 31.5 Å². The number of aryl methyl sites for hydroxylation is 2. The fourth-order valence-corrected chi connectivity index (χ4v) is 2.47. The fraction of sp³-hybridized carbons (Fsp3) is 0.250. The maximum Gasteiger partial charge on any atom is 0.313 e. The van der Waals surface area contributed by atoms with Gasteiger partial charge in [-0.1, -0.05) is 29.4 Å². The van der Waals surface area contributed by atoms with E-state index in [4.69, 9.17) is 16.7 Å². The number of rotatable bonds is 4. The number of thioether (sulfide) groups is 1. The number of nitrogens with zero attached hydrogens (tertiary/aromatic N) is 3. The van der Waals surface area contributed by atoms with Crippen LogP contribution in [0, 0.1) is 13.8 Å². The smallest absolute Gasteiger partial charge is 0.313 e. The number of carboxylic acids is 1. The summed E-state index contributed by atoms with van der Waals surface area (Å²) in [5.41, 5.74) is 1.81. The molecule has 0 radical (unpaired) electrons. The van der Waals surface area contributed by atoms with Crippen molar-refractivity contribution in [3.63, 3.8) is 0 Å². The lowest BCUT2D eigenvalue weighted by Gasteiger charge is -2.09. The lowest BCUT2D eigenvalue weighted by molar-refractivity contribution is -0.133. The molecule has 0 atom stereocenters. The third-order valence-corrected chi connectivity index (χ3v) is 3.85. The molecule has 0 amide bonds. The molecule has 0 aliphatic heterocycles. The van der Waals surface area contributed by atoms with Crippen molar-refractivity contribution in [2.75, 3.05) is 5.75 Å². The summed E-state index contributed by atoms with van der Waals surface area (Å²) in [5, 5.41) is 17.9.